The van der Waals surface area contributed by atoms with Gasteiger partial charge in [0.2, 0.25) is 5.91 Å². The number of hydrogen-bond donors (Lipinski definition) is 1. The maximum atomic E-state index is 11.4. The van der Waals surface area contributed by atoms with E-state index < -0.39 is 0 Å². The van der Waals surface area contributed by atoms with Gasteiger partial charge in [0.05, 0.1) is 0 Å². The molecule has 1 aromatic carbocycles. The molecule has 1 heterocycles. The molecular weight excluding hydrogens is 250 g/mol. The molecule has 1 fully saturated rings. The van der Waals surface area contributed by atoms with Crippen molar-refractivity contribution in [3.05, 3.63) is 29.3 Å². The number of fused-ring (bicyclic) bond motifs is 1. The van der Waals surface area contributed by atoms with Gasteiger partial charge in [-0.15, -0.1) is 0 Å². The Morgan fingerprint density at radius 3 is 2.80 bits per heavy atom. The summed E-state index contributed by atoms with van der Waals surface area (Å²) in [5.41, 5.74) is 7.78. The minimum Gasteiger partial charge on any atom is -0.487 e. The third kappa shape index (κ3) is 2.54. The van der Waals surface area contributed by atoms with Crippen LogP contribution in [-0.2, 0) is 4.79 Å². The SMILES string of the molecule is Cc1ccc2c(c1)C(CC(N)=O)CC1(CCCCC1)O2. The van der Waals surface area contributed by atoms with Crippen molar-refractivity contribution >= 4 is 5.91 Å². The number of benzene rings is 1. The molecule has 1 aliphatic heterocycles. The standard InChI is InChI=1S/C17H23NO2/c1-12-5-6-15-14(9-12)13(10-16(18)19)11-17(20-15)7-3-2-4-8-17/h5-6,9,13H,2-4,7-8,10-11H2,1H3,(H2,18,19). The average Bonchev–Trinajstić information content (AvgIpc) is 2.40. The van der Waals surface area contributed by atoms with Crippen LogP contribution in [0.3, 0.4) is 0 Å². The molecule has 3 heteroatoms. The van der Waals surface area contributed by atoms with Crippen molar-refractivity contribution in [2.75, 3.05) is 0 Å². The second-order valence-corrected chi connectivity index (χ2v) is 6.46. The molecule has 1 aliphatic carbocycles. The maximum absolute atomic E-state index is 11.4. The Balaban J connectivity index is 1.96. The fourth-order valence-corrected chi connectivity index (χ4v) is 3.84. The number of primary amides is 1. The minimum atomic E-state index is -0.213. The van der Waals surface area contributed by atoms with Crippen LogP contribution in [0.25, 0.3) is 0 Å². The molecule has 20 heavy (non-hydrogen) atoms. The first-order valence-corrected chi connectivity index (χ1v) is 7.66. The highest BCUT2D eigenvalue weighted by Gasteiger charge is 2.41. The van der Waals surface area contributed by atoms with Gasteiger partial charge in [-0.1, -0.05) is 24.1 Å². The highest BCUT2D eigenvalue weighted by Crippen LogP contribution is 2.48. The van der Waals surface area contributed by atoms with Crippen LogP contribution in [0.1, 0.15) is 62.0 Å². The Morgan fingerprint density at radius 1 is 1.35 bits per heavy atom. The monoisotopic (exact) mass is 273 g/mol. The summed E-state index contributed by atoms with van der Waals surface area (Å²) >= 11 is 0. The molecule has 2 N–H and O–H groups in total. The highest BCUT2D eigenvalue weighted by molar-refractivity contribution is 5.75. The second kappa shape index (κ2) is 5.12. The van der Waals surface area contributed by atoms with Gasteiger partial charge in [-0.2, -0.15) is 0 Å². The topological polar surface area (TPSA) is 52.3 Å². The molecule has 108 valence electrons. The molecule has 1 saturated carbocycles. The molecule has 2 aliphatic rings. The lowest BCUT2D eigenvalue weighted by Crippen LogP contribution is -2.43. The number of rotatable bonds is 2. The van der Waals surface area contributed by atoms with Gasteiger partial charge in [0.1, 0.15) is 11.4 Å². The molecule has 1 spiro atoms. The van der Waals surface area contributed by atoms with Crippen LogP contribution in [0.2, 0.25) is 0 Å². The van der Waals surface area contributed by atoms with Gasteiger partial charge in [0.25, 0.3) is 0 Å². The second-order valence-electron chi connectivity index (χ2n) is 6.46. The van der Waals surface area contributed by atoms with E-state index in [1.54, 1.807) is 0 Å². The summed E-state index contributed by atoms with van der Waals surface area (Å²) in [5.74, 6) is 0.972. The zero-order valence-corrected chi connectivity index (χ0v) is 12.2. The van der Waals surface area contributed by atoms with E-state index in [1.807, 2.05) is 0 Å². The summed E-state index contributed by atoms with van der Waals surface area (Å²) in [4.78, 5) is 11.4. The predicted molar refractivity (Wildman–Crippen MR) is 78.8 cm³/mol. The quantitative estimate of drug-likeness (QED) is 0.897. The molecule has 1 unspecified atom stereocenters. The van der Waals surface area contributed by atoms with Crippen LogP contribution in [0.4, 0.5) is 0 Å². The van der Waals surface area contributed by atoms with Gasteiger partial charge < -0.3 is 10.5 Å². The minimum absolute atomic E-state index is 0.0549. The van der Waals surface area contributed by atoms with Crippen LogP contribution < -0.4 is 10.5 Å². The van der Waals surface area contributed by atoms with Gasteiger partial charge in [-0.05, 0) is 50.7 Å². The van der Waals surface area contributed by atoms with Gasteiger partial charge in [-0.3, -0.25) is 4.79 Å². The Labute approximate surface area is 120 Å². The molecular formula is C17H23NO2. The van der Waals surface area contributed by atoms with Crippen molar-refractivity contribution in [3.63, 3.8) is 0 Å². The van der Waals surface area contributed by atoms with Crippen molar-refractivity contribution in [2.45, 2.75) is 63.4 Å². The summed E-state index contributed by atoms with van der Waals surface area (Å²) in [5, 5.41) is 0. The van der Waals surface area contributed by atoms with E-state index in [4.69, 9.17) is 10.5 Å². The number of nitrogens with two attached hydrogens (primary N) is 1. The summed E-state index contributed by atoms with van der Waals surface area (Å²) in [7, 11) is 0. The van der Waals surface area contributed by atoms with Gasteiger partial charge >= 0.3 is 0 Å². The van der Waals surface area contributed by atoms with E-state index >= 15 is 0 Å². The van der Waals surface area contributed by atoms with E-state index in [0.717, 1.165) is 25.0 Å². The van der Waals surface area contributed by atoms with E-state index in [0.29, 0.717) is 6.42 Å². The zero-order valence-electron chi connectivity index (χ0n) is 12.2. The number of aryl methyl sites for hydroxylation is 1. The van der Waals surface area contributed by atoms with Crippen LogP contribution >= 0.6 is 0 Å². The van der Waals surface area contributed by atoms with E-state index in [-0.39, 0.29) is 17.4 Å². The van der Waals surface area contributed by atoms with E-state index in [9.17, 15) is 4.79 Å². The fraction of sp³-hybridized carbons (Fsp3) is 0.588. The largest absolute Gasteiger partial charge is 0.487 e. The molecule has 0 saturated heterocycles. The lowest BCUT2D eigenvalue weighted by molar-refractivity contribution is -0.118. The molecule has 3 rings (SSSR count). The average molecular weight is 273 g/mol. The van der Waals surface area contributed by atoms with Crippen molar-refractivity contribution in [1.82, 2.24) is 0 Å². The number of hydrogen-bond acceptors (Lipinski definition) is 2. The van der Waals surface area contributed by atoms with Gasteiger partial charge in [0, 0.05) is 12.3 Å². The Bertz CT molecular complexity index is 518. The molecule has 1 aromatic rings. The molecule has 0 bridgehead atoms. The van der Waals surface area contributed by atoms with E-state index in [1.165, 1.54) is 30.4 Å². The van der Waals surface area contributed by atoms with Crippen LogP contribution in [0, 0.1) is 6.92 Å². The summed E-state index contributed by atoms with van der Waals surface area (Å²) in [6, 6.07) is 6.30. The van der Waals surface area contributed by atoms with Gasteiger partial charge in [0.15, 0.2) is 0 Å². The first-order valence-electron chi connectivity index (χ1n) is 7.66. The predicted octanol–water partition coefficient (Wildman–Crippen LogP) is 3.44. The lowest BCUT2D eigenvalue weighted by atomic mass is 9.73. The Morgan fingerprint density at radius 2 is 2.10 bits per heavy atom. The maximum Gasteiger partial charge on any atom is 0.218 e. The fourth-order valence-electron chi connectivity index (χ4n) is 3.84. The highest BCUT2D eigenvalue weighted by atomic mass is 16.5. The van der Waals surface area contributed by atoms with Crippen LogP contribution in [-0.4, -0.2) is 11.5 Å². The first kappa shape index (κ1) is 13.5. The van der Waals surface area contributed by atoms with Crippen molar-refractivity contribution in [1.29, 1.82) is 0 Å². The van der Waals surface area contributed by atoms with Crippen molar-refractivity contribution < 1.29 is 9.53 Å². The Kier molecular flexibility index (Phi) is 3.45. The molecule has 3 nitrogen and oxygen atoms in total. The molecule has 1 atom stereocenters. The summed E-state index contributed by atoms with van der Waals surface area (Å²) < 4.78 is 6.38. The third-order valence-electron chi connectivity index (χ3n) is 4.76. The van der Waals surface area contributed by atoms with Crippen LogP contribution in [0.5, 0.6) is 5.75 Å². The molecule has 0 radical (unpaired) electrons. The summed E-state index contributed by atoms with van der Waals surface area (Å²) in [6.07, 6.45) is 7.33. The third-order valence-corrected chi connectivity index (χ3v) is 4.76. The molecule has 0 aromatic heterocycles. The van der Waals surface area contributed by atoms with E-state index in [2.05, 4.69) is 25.1 Å². The smallest absolute Gasteiger partial charge is 0.218 e. The summed E-state index contributed by atoms with van der Waals surface area (Å²) in [6.45, 7) is 2.08. The van der Waals surface area contributed by atoms with Gasteiger partial charge in [-0.25, -0.2) is 0 Å². The normalized spacial score (nSPS) is 23.9. The lowest BCUT2D eigenvalue weighted by Gasteiger charge is -2.44. The molecule has 1 amide bonds. The van der Waals surface area contributed by atoms with Crippen molar-refractivity contribution in [2.24, 2.45) is 5.73 Å². The van der Waals surface area contributed by atoms with Crippen molar-refractivity contribution in [3.8, 4) is 5.75 Å². The van der Waals surface area contributed by atoms with Crippen LogP contribution in [0.15, 0.2) is 18.2 Å². The first-order chi connectivity index (χ1) is 9.58. The number of carbonyl (C=O) groups excluding carboxylic acids is 1. The number of amides is 1. The Hall–Kier alpha value is -1.51. The number of carbonyl (C=O) groups is 1. The number of ether oxygens (including phenoxy) is 1. The zero-order chi connectivity index (χ0) is 14.2.